The molecule has 1 atom stereocenters. The maximum absolute atomic E-state index is 11.8. The predicted molar refractivity (Wildman–Crippen MR) is 69.0 cm³/mol. The van der Waals surface area contributed by atoms with Crippen molar-refractivity contribution in [2.24, 2.45) is 0 Å². The Kier molecular flexibility index (Phi) is 6.12. The molecule has 0 aromatic rings. The lowest BCUT2D eigenvalue weighted by Crippen LogP contribution is -2.42. The minimum atomic E-state index is -0.382. The van der Waals surface area contributed by atoms with E-state index in [0.29, 0.717) is 25.8 Å². The van der Waals surface area contributed by atoms with Crippen LogP contribution in [0.2, 0.25) is 0 Å². The lowest BCUT2D eigenvalue weighted by molar-refractivity contribution is -0.134. The van der Waals surface area contributed by atoms with Crippen molar-refractivity contribution in [3.8, 4) is 0 Å². The number of likely N-dealkylation sites (tertiary alicyclic amines) is 1. The first-order valence-electron chi connectivity index (χ1n) is 6.74. The molecule has 0 aliphatic carbocycles. The summed E-state index contributed by atoms with van der Waals surface area (Å²) < 4.78 is 0. The highest BCUT2D eigenvalue weighted by Crippen LogP contribution is 2.12. The van der Waals surface area contributed by atoms with Crippen molar-refractivity contribution in [2.75, 3.05) is 13.1 Å². The standard InChI is InChI=1S/C13H24N2O3/c1-10(2)14-12(17)6-3-7-13(18)15-8-4-5-11(16)9-15/h10-11,16H,3-9H2,1-2H3,(H,14,17). The zero-order valence-electron chi connectivity index (χ0n) is 11.3. The number of β-amino-alcohol motifs (C(OH)–C–C–N with tert-alkyl or cyclic N) is 1. The number of rotatable bonds is 5. The van der Waals surface area contributed by atoms with E-state index in [1.54, 1.807) is 4.90 Å². The molecule has 5 nitrogen and oxygen atoms in total. The van der Waals surface area contributed by atoms with Crippen LogP contribution in [0, 0.1) is 0 Å². The number of aliphatic hydroxyl groups is 1. The molecule has 1 aliphatic rings. The zero-order valence-corrected chi connectivity index (χ0v) is 11.3. The van der Waals surface area contributed by atoms with Crippen molar-refractivity contribution in [3.63, 3.8) is 0 Å². The third kappa shape index (κ3) is 5.49. The normalized spacial score (nSPS) is 20.0. The Morgan fingerprint density at radius 1 is 1.39 bits per heavy atom. The Labute approximate surface area is 109 Å². The number of carbonyl (C=O) groups excluding carboxylic acids is 2. The molecule has 1 rings (SSSR count). The first-order valence-corrected chi connectivity index (χ1v) is 6.74. The Hall–Kier alpha value is -1.10. The lowest BCUT2D eigenvalue weighted by Gasteiger charge is -2.30. The van der Waals surface area contributed by atoms with Crippen LogP contribution in [0.3, 0.4) is 0 Å². The lowest BCUT2D eigenvalue weighted by atomic mass is 10.1. The highest BCUT2D eigenvalue weighted by molar-refractivity contribution is 5.79. The number of hydrogen-bond acceptors (Lipinski definition) is 3. The largest absolute Gasteiger partial charge is 0.391 e. The van der Waals surface area contributed by atoms with E-state index in [1.165, 1.54) is 0 Å². The average molecular weight is 256 g/mol. The van der Waals surface area contributed by atoms with Gasteiger partial charge in [-0.05, 0) is 33.1 Å². The van der Waals surface area contributed by atoms with E-state index in [2.05, 4.69) is 5.32 Å². The van der Waals surface area contributed by atoms with Crippen LogP contribution in [0.5, 0.6) is 0 Å². The monoisotopic (exact) mass is 256 g/mol. The molecule has 0 bridgehead atoms. The first-order chi connectivity index (χ1) is 8.49. The third-order valence-corrected chi connectivity index (χ3v) is 2.99. The maximum Gasteiger partial charge on any atom is 0.222 e. The van der Waals surface area contributed by atoms with E-state index in [0.717, 1.165) is 19.4 Å². The highest BCUT2D eigenvalue weighted by Gasteiger charge is 2.21. The fourth-order valence-electron chi connectivity index (χ4n) is 2.13. The van der Waals surface area contributed by atoms with E-state index in [9.17, 15) is 14.7 Å². The van der Waals surface area contributed by atoms with E-state index in [4.69, 9.17) is 0 Å². The molecule has 1 fully saturated rings. The van der Waals surface area contributed by atoms with Crippen LogP contribution < -0.4 is 5.32 Å². The minimum absolute atomic E-state index is 0.00326. The van der Waals surface area contributed by atoms with Gasteiger partial charge in [-0.3, -0.25) is 9.59 Å². The van der Waals surface area contributed by atoms with Crippen molar-refractivity contribution in [1.82, 2.24) is 10.2 Å². The van der Waals surface area contributed by atoms with Crippen molar-refractivity contribution in [1.29, 1.82) is 0 Å². The van der Waals surface area contributed by atoms with Crippen molar-refractivity contribution in [3.05, 3.63) is 0 Å². The number of hydrogen-bond donors (Lipinski definition) is 2. The summed E-state index contributed by atoms with van der Waals surface area (Å²) in [5.74, 6) is 0.0441. The first kappa shape index (κ1) is 15.0. The topological polar surface area (TPSA) is 69.6 Å². The summed E-state index contributed by atoms with van der Waals surface area (Å²) in [6, 6.07) is 0.144. The number of nitrogens with zero attached hydrogens (tertiary/aromatic N) is 1. The number of carbonyl (C=O) groups is 2. The van der Waals surface area contributed by atoms with E-state index in [-0.39, 0.29) is 24.0 Å². The van der Waals surface area contributed by atoms with Gasteiger partial charge in [-0.15, -0.1) is 0 Å². The quantitative estimate of drug-likeness (QED) is 0.759. The second-order valence-corrected chi connectivity index (χ2v) is 5.21. The van der Waals surface area contributed by atoms with Gasteiger partial charge in [0.1, 0.15) is 0 Å². The van der Waals surface area contributed by atoms with E-state index < -0.39 is 0 Å². The minimum Gasteiger partial charge on any atom is -0.391 e. The summed E-state index contributed by atoms with van der Waals surface area (Å²) in [6.45, 7) is 5.00. The summed E-state index contributed by atoms with van der Waals surface area (Å²) in [5, 5.41) is 12.3. The molecular weight excluding hydrogens is 232 g/mol. The summed E-state index contributed by atoms with van der Waals surface area (Å²) in [7, 11) is 0. The van der Waals surface area contributed by atoms with E-state index in [1.807, 2.05) is 13.8 Å². The molecule has 2 N–H and O–H groups in total. The fourth-order valence-corrected chi connectivity index (χ4v) is 2.13. The Morgan fingerprint density at radius 3 is 2.72 bits per heavy atom. The number of nitrogens with one attached hydrogen (secondary N) is 1. The summed E-state index contributed by atoms with van der Waals surface area (Å²) in [6.07, 6.45) is 2.61. The predicted octanol–water partition coefficient (Wildman–Crippen LogP) is 0.665. The summed E-state index contributed by atoms with van der Waals surface area (Å²) in [4.78, 5) is 24.9. The van der Waals surface area contributed by atoms with Gasteiger partial charge in [0.05, 0.1) is 6.10 Å². The van der Waals surface area contributed by atoms with Crippen LogP contribution in [0.1, 0.15) is 46.0 Å². The smallest absolute Gasteiger partial charge is 0.222 e. The van der Waals surface area contributed by atoms with Crippen LogP contribution in [0.4, 0.5) is 0 Å². The van der Waals surface area contributed by atoms with Crippen molar-refractivity contribution < 1.29 is 14.7 Å². The molecule has 1 unspecified atom stereocenters. The van der Waals surface area contributed by atoms with Gasteiger partial charge in [0, 0.05) is 32.0 Å². The van der Waals surface area contributed by atoms with Gasteiger partial charge in [0.2, 0.25) is 11.8 Å². The Bertz CT molecular complexity index is 292. The van der Waals surface area contributed by atoms with Gasteiger partial charge in [0.25, 0.3) is 0 Å². The third-order valence-electron chi connectivity index (χ3n) is 2.99. The van der Waals surface area contributed by atoms with E-state index >= 15 is 0 Å². The fraction of sp³-hybridized carbons (Fsp3) is 0.846. The number of amides is 2. The second-order valence-electron chi connectivity index (χ2n) is 5.21. The van der Waals surface area contributed by atoms with Gasteiger partial charge < -0.3 is 15.3 Å². The zero-order chi connectivity index (χ0) is 13.5. The molecule has 5 heteroatoms. The molecule has 1 heterocycles. The number of piperidine rings is 1. The SMILES string of the molecule is CC(C)NC(=O)CCCC(=O)N1CCCC(O)C1. The molecule has 2 amide bonds. The van der Waals surface area contributed by atoms with Gasteiger partial charge in [-0.2, -0.15) is 0 Å². The van der Waals surface area contributed by atoms with Gasteiger partial charge in [-0.25, -0.2) is 0 Å². The van der Waals surface area contributed by atoms with Crippen molar-refractivity contribution in [2.45, 2.75) is 58.1 Å². The van der Waals surface area contributed by atoms with Gasteiger partial charge in [0.15, 0.2) is 0 Å². The van der Waals surface area contributed by atoms with Gasteiger partial charge >= 0.3 is 0 Å². The molecule has 0 saturated carbocycles. The van der Waals surface area contributed by atoms with Crippen LogP contribution in [0.25, 0.3) is 0 Å². The molecular formula is C13H24N2O3. The average Bonchev–Trinajstić information content (AvgIpc) is 2.27. The molecule has 1 aliphatic heterocycles. The molecule has 104 valence electrons. The van der Waals surface area contributed by atoms with Gasteiger partial charge in [-0.1, -0.05) is 0 Å². The van der Waals surface area contributed by atoms with Crippen LogP contribution >= 0.6 is 0 Å². The Balaban J connectivity index is 2.18. The van der Waals surface area contributed by atoms with Crippen LogP contribution in [0.15, 0.2) is 0 Å². The molecule has 0 aromatic carbocycles. The molecule has 18 heavy (non-hydrogen) atoms. The maximum atomic E-state index is 11.8. The molecule has 0 radical (unpaired) electrons. The highest BCUT2D eigenvalue weighted by atomic mass is 16.3. The second kappa shape index (κ2) is 7.36. The molecule has 0 aromatic heterocycles. The molecule has 1 saturated heterocycles. The van der Waals surface area contributed by atoms with Crippen LogP contribution in [-0.4, -0.2) is 47.1 Å². The number of aliphatic hydroxyl groups excluding tert-OH is 1. The Morgan fingerprint density at radius 2 is 2.11 bits per heavy atom. The summed E-state index contributed by atoms with van der Waals surface area (Å²) >= 11 is 0. The molecule has 0 spiro atoms. The van der Waals surface area contributed by atoms with Crippen molar-refractivity contribution >= 4 is 11.8 Å². The summed E-state index contributed by atoms with van der Waals surface area (Å²) in [5.41, 5.74) is 0. The van der Waals surface area contributed by atoms with Crippen LogP contribution in [-0.2, 0) is 9.59 Å².